The number of carbonyl (C=O) groups is 1. The fraction of sp³-hybridized carbons (Fsp3) is 0.238. The van der Waals surface area contributed by atoms with Crippen molar-refractivity contribution in [3.05, 3.63) is 71.7 Å². The zero-order chi connectivity index (χ0) is 22.3. The van der Waals surface area contributed by atoms with Gasteiger partial charge in [0.1, 0.15) is 23.3 Å². The molecule has 0 aliphatic heterocycles. The molecule has 0 fully saturated rings. The fourth-order valence-corrected chi connectivity index (χ4v) is 2.74. The summed E-state index contributed by atoms with van der Waals surface area (Å²) < 4.78 is 37.8. The standard InChI is InChI=1S/C21H21F3N6O/c1-14-28-18(13-19(29-14)30-17-4-2-3-9-25-17)26-10-11-27-20(31)12-15-5-7-16(8-6-15)21(22,23)24/h2-9,13H,10-12H2,1H3,(H,27,31)(H2,25,26,28,29,30). The summed E-state index contributed by atoms with van der Waals surface area (Å²) in [6, 6.07) is 11.8. The molecule has 1 aromatic carbocycles. The maximum Gasteiger partial charge on any atom is 0.416 e. The van der Waals surface area contributed by atoms with Gasteiger partial charge in [0.25, 0.3) is 0 Å². The van der Waals surface area contributed by atoms with Gasteiger partial charge in [-0.05, 0) is 36.8 Å². The Morgan fingerprint density at radius 1 is 0.968 bits per heavy atom. The second-order valence-electron chi connectivity index (χ2n) is 6.67. The van der Waals surface area contributed by atoms with Gasteiger partial charge >= 0.3 is 6.18 Å². The van der Waals surface area contributed by atoms with Gasteiger partial charge in [0.05, 0.1) is 12.0 Å². The third kappa shape index (κ3) is 6.95. The molecule has 0 saturated heterocycles. The molecule has 31 heavy (non-hydrogen) atoms. The van der Waals surface area contributed by atoms with Gasteiger partial charge in [-0.15, -0.1) is 0 Å². The number of hydrogen-bond acceptors (Lipinski definition) is 6. The molecule has 2 aromatic heterocycles. The highest BCUT2D eigenvalue weighted by Gasteiger charge is 2.29. The van der Waals surface area contributed by atoms with Gasteiger partial charge in [-0.2, -0.15) is 13.2 Å². The Morgan fingerprint density at radius 3 is 2.39 bits per heavy atom. The minimum atomic E-state index is -4.39. The van der Waals surface area contributed by atoms with Gasteiger partial charge in [0.2, 0.25) is 5.91 Å². The third-order valence-corrected chi connectivity index (χ3v) is 4.16. The van der Waals surface area contributed by atoms with Crippen LogP contribution in [0.3, 0.4) is 0 Å². The molecule has 0 atom stereocenters. The molecule has 0 bridgehead atoms. The van der Waals surface area contributed by atoms with E-state index in [2.05, 4.69) is 30.9 Å². The largest absolute Gasteiger partial charge is 0.416 e. The SMILES string of the molecule is Cc1nc(NCCNC(=O)Cc2ccc(C(F)(F)F)cc2)cc(Nc2ccccn2)n1. The predicted octanol–water partition coefficient (Wildman–Crippen LogP) is 3.71. The number of nitrogens with one attached hydrogen (secondary N) is 3. The average molecular weight is 430 g/mol. The van der Waals surface area contributed by atoms with E-state index in [9.17, 15) is 18.0 Å². The van der Waals surface area contributed by atoms with Crippen molar-refractivity contribution in [2.75, 3.05) is 23.7 Å². The van der Waals surface area contributed by atoms with Crippen molar-refractivity contribution >= 4 is 23.4 Å². The lowest BCUT2D eigenvalue weighted by Crippen LogP contribution is -2.30. The first-order valence-electron chi connectivity index (χ1n) is 9.50. The minimum Gasteiger partial charge on any atom is -0.368 e. The molecule has 7 nitrogen and oxygen atoms in total. The van der Waals surface area contributed by atoms with Crippen LogP contribution in [-0.2, 0) is 17.4 Å². The quantitative estimate of drug-likeness (QED) is 0.472. The number of hydrogen-bond donors (Lipinski definition) is 3. The first-order chi connectivity index (χ1) is 14.8. The van der Waals surface area contributed by atoms with Gasteiger partial charge in [-0.3, -0.25) is 4.79 Å². The number of alkyl halides is 3. The molecule has 1 amide bonds. The lowest BCUT2D eigenvalue weighted by Gasteiger charge is -2.11. The summed E-state index contributed by atoms with van der Waals surface area (Å²) in [6.45, 7) is 2.50. The van der Waals surface area contributed by atoms with Crippen LogP contribution in [0.15, 0.2) is 54.7 Å². The second kappa shape index (κ2) is 9.88. The summed E-state index contributed by atoms with van der Waals surface area (Å²) in [5, 5.41) is 8.92. The highest BCUT2D eigenvalue weighted by molar-refractivity contribution is 5.78. The van der Waals surface area contributed by atoms with Crippen LogP contribution in [0.4, 0.5) is 30.6 Å². The van der Waals surface area contributed by atoms with E-state index in [0.29, 0.717) is 41.9 Å². The molecule has 0 radical (unpaired) electrons. The van der Waals surface area contributed by atoms with E-state index in [1.807, 2.05) is 18.2 Å². The van der Waals surface area contributed by atoms with E-state index >= 15 is 0 Å². The molecule has 162 valence electrons. The van der Waals surface area contributed by atoms with E-state index < -0.39 is 11.7 Å². The molecule has 0 spiro atoms. The fourth-order valence-electron chi connectivity index (χ4n) is 2.74. The zero-order valence-corrected chi connectivity index (χ0v) is 16.7. The number of aromatic nitrogens is 3. The monoisotopic (exact) mass is 430 g/mol. The van der Waals surface area contributed by atoms with Crippen molar-refractivity contribution in [2.45, 2.75) is 19.5 Å². The van der Waals surface area contributed by atoms with E-state index in [0.717, 1.165) is 12.1 Å². The number of rotatable bonds is 8. The first-order valence-corrected chi connectivity index (χ1v) is 9.50. The predicted molar refractivity (Wildman–Crippen MR) is 111 cm³/mol. The molecule has 2 heterocycles. The Kier molecular flexibility index (Phi) is 7.01. The molecule has 0 saturated carbocycles. The van der Waals surface area contributed by atoms with Crippen molar-refractivity contribution in [3.63, 3.8) is 0 Å². The van der Waals surface area contributed by atoms with Gasteiger partial charge < -0.3 is 16.0 Å². The maximum atomic E-state index is 12.6. The van der Waals surface area contributed by atoms with Gasteiger partial charge in [0.15, 0.2) is 0 Å². The Hall–Kier alpha value is -3.69. The molecule has 0 aliphatic rings. The highest BCUT2D eigenvalue weighted by atomic mass is 19.4. The van der Waals surface area contributed by atoms with Gasteiger partial charge in [-0.25, -0.2) is 15.0 Å². The lowest BCUT2D eigenvalue weighted by atomic mass is 10.1. The van der Waals surface area contributed by atoms with E-state index in [4.69, 9.17) is 0 Å². The summed E-state index contributed by atoms with van der Waals surface area (Å²) in [5.41, 5.74) is -0.229. The third-order valence-electron chi connectivity index (χ3n) is 4.16. The van der Waals surface area contributed by atoms with Crippen LogP contribution >= 0.6 is 0 Å². The van der Waals surface area contributed by atoms with E-state index in [1.54, 1.807) is 19.2 Å². The van der Waals surface area contributed by atoms with Crippen molar-refractivity contribution < 1.29 is 18.0 Å². The van der Waals surface area contributed by atoms with Crippen LogP contribution in [-0.4, -0.2) is 33.9 Å². The van der Waals surface area contributed by atoms with Crippen LogP contribution in [0.2, 0.25) is 0 Å². The number of amides is 1. The molecule has 3 aromatic rings. The number of benzene rings is 1. The zero-order valence-electron chi connectivity index (χ0n) is 16.7. The van der Waals surface area contributed by atoms with Crippen LogP contribution in [0.1, 0.15) is 17.0 Å². The smallest absolute Gasteiger partial charge is 0.368 e. The average Bonchev–Trinajstić information content (AvgIpc) is 2.71. The van der Waals surface area contributed by atoms with Crippen molar-refractivity contribution in [1.82, 2.24) is 20.3 Å². The van der Waals surface area contributed by atoms with Crippen molar-refractivity contribution in [2.24, 2.45) is 0 Å². The maximum absolute atomic E-state index is 12.6. The van der Waals surface area contributed by atoms with Gasteiger partial charge in [0, 0.05) is 25.4 Å². The molecule has 10 heteroatoms. The summed E-state index contributed by atoms with van der Waals surface area (Å²) in [6.07, 6.45) is -2.72. The first kappa shape index (κ1) is 22.0. The lowest BCUT2D eigenvalue weighted by molar-refractivity contribution is -0.137. The second-order valence-corrected chi connectivity index (χ2v) is 6.67. The number of pyridine rings is 1. The summed E-state index contributed by atoms with van der Waals surface area (Å²) >= 11 is 0. The number of anilines is 3. The molecular formula is C21H21F3N6O. The number of aryl methyl sites for hydroxylation is 1. The summed E-state index contributed by atoms with van der Waals surface area (Å²) in [7, 11) is 0. The minimum absolute atomic E-state index is 0.00287. The molecule has 3 rings (SSSR count). The number of halogens is 3. The highest BCUT2D eigenvalue weighted by Crippen LogP contribution is 2.29. The van der Waals surface area contributed by atoms with Crippen LogP contribution < -0.4 is 16.0 Å². The Bertz CT molecular complexity index is 1010. The molecule has 0 unspecified atom stereocenters. The molecular weight excluding hydrogens is 409 g/mol. The number of nitrogens with zero attached hydrogens (tertiary/aromatic N) is 3. The summed E-state index contributed by atoms with van der Waals surface area (Å²) in [4.78, 5) is 24.8. The Morgan fingerprint density at radius 2 is 1.71 bits per heavy atom. The summed E-state index contributed by atoms with van der Waals surface area (Å²) in [5.74, 6) is 2.11. The van der Waals surface area contributed by atoms with Crippen molar-refractivity contribution in [1.29, 1.82) is 0 Å². The molecule has 3 N–H and O–H groups in total. The normalized spacial score (nSPS) is 11.1. The van der Waals surface area contributed by atoms with Crippen molar-refractivity contribution in [3.8, 4) is 0 Å². The van der Waals surface area contributed by atoms with Gasteiger partial charge in [-0.1, -0.05) is 18.2 Å². The Labute approximate surface area is 177 Å². The van der Waals surface area contributed by atoms with Crippen LogP contribution in [0.25, 0.3) is 0 Å². The topological polar surface area (TPSA) is 91.8 Å². The van der Waals surface area contributed by atoms with Crippen LogP contribution in [0, 0.1) is 6.92 Å². The van der Waals surface area contributed by atoms with E-state index in [-0.39, 0.29) is 12.3 Å². The number of carbonyl (C=O) groups excluding carboxylic acids is 1. The van der Waals surface area contributed by atoms with Crippen LogP contribution in [0.5, 0.6) is 0 Å². The Balaban J connectivity index is 1.45. The van der Waals surface area contributed by atoms with E-state index in [1.165, 1.54) is 12.1 Å². The molecule has 0 aliphatic carbocycles.